The lowest BCUT2D eigenvalue weighted by atomic mass is 10.0. The first-order valence-corrected chi connectivity index (χ1v) is 6.87. The molecule has 1 aromatic carbocycles. The third-order valence-corrected chi connectivity index (χ3v) is 3.86. The molecule has 0 aliphatic heterocycles. The molecule has 1 saturated carbocycles. The number of ether oxygens (including phenoxy) is 2. The molecule has 4 heteroatoms. The molecule has 1 fully saturated rings. The molecule has 0 heterocycles. The van der Waals surface area contributed by atoms with Crippen molar-refractivity contribution in [2.24, 2.45) is 5.73 Å². The molecule has 2 rings (SSSR count). The van der Waals surface area contributed by atoms with Crippen LogP contribution in [0.15, 0.2) is 18.2 Å². The number of methoxy groups -OCH3 is 2. The maximum atomic E-state index is 5.96. The van der Waals surface area contributed by atoms with E-state index < -0.39 is 0 Å². The lowest BCUT2D eigenvalue weighted by Gasteiger charge is -2.22. The highest BCUT2D eigenvalue weighted by molar-refractivity contribution is 5.42. The van der Waals surface area contributed by atoms with Gasteiger partial charge in [0, 0.05) is 23.7 Å². The van der Waals surface area contributed by atoms with E-state index >= 15 is 0 Å². The van der Waals surface area contributed by atoms with E-state index in [9.17, 15) is 0 Å². The van der Waals surface area contributed by atoms with E-state index in [0.29, 0.717) is 12.1 Å². The molecule has 3 unspecified atom stereocenters. The Hall–Kier alpha value is -1.26. The van der Waals surface area contributed by atoms with E-state index in [-0.39, 0.29) is 6.04 Å². The van der Waals surface area contributed by atoms with Gasteiger partial charge >= 0.3 is 0 Å². The first kappa shape index (κ1) is 14.2. The molecule has 4 nitrogen and oxygen atoms in total. The highest BCUT2D eigenvalue weighted by atomic mass is 16.5. The first-order valence-electron chi connectivity index (χ1n) is 6.87. The second-order valence-corrected chi connectivity index (χ2v) is 5.27. The Bertz CT molecular complexity index is 423. The molecule has 1 aliphatic carbocycles. The van der Waals surface area contributed by atoms with E-state index in [0.717, 1.165) is 36.3 Å². The van der Waals surface area contributed by atoms with Crippen LogP contribution in [0.4, 0.5) is 0 Å². The van der Waals surface area contributed by atoms with Gasteiger partial charge in [-0.15, -0.1) is 0 Å². The smallest absolute Gasteiger partial charge is 0.123 e. The zero-order valence-electron chi connectivity index (χ0n) is 12.0. The highest BCUT2D eigenvalue weighted by Crippen LogP contribution is 2.30. The Labute approximate surface area is 115 Å². The quantitative estimate of drug-likeness (QED) is 0.856. The van der Waals surface area contributed by atoms with Gasteiger partial charge in [0.2, 0.25) is 0 Å². The Balaban J connectivity index is 2.10. The van der Waals surface area contributed by atoms with Crippen LogP contribution < -0.4 is 20.5 Å². The summed E-state index contributed by atoms with van der Waals surface area (Å²) in [6, 6.07) is 6.97. The van der Waals surface area contributed by atoms with E-state index in [1.54, 1.807) is 14.2 Å². The fourth-order valence-electron chi connectivity index (χ4n) is 2.79. The Morgan fingerprint density at radius 3 is 2.63 bits per heavy atom. The van der Waals surface area contributed by atoms with Crippen molar-refractivity contribution in [3.63, 3.8) is 0 Å². The molecule has 0 bridgehead atoms. The van der Waals surface area contributed by atoms with E-state index in [2.05, 4.69) is 12.2 Å². The van der Waals surface area contributed by atoms with E-state index in [1.807, 2.05) is 18.2 Å². The molecule has 0 spiro atoms. The van der Waals surface area contributed by atoms with Gasteiger partial charge in [-0.2, -0.15) is 0 Å². The Morgan fingerprint density at radius 1 is 1.26 bits per heavy atom. The maximum absolute atomic E-state index is 5.96. The molecule has 0 amide bonds. The van der Waals surface area contributed by atoms with Crippen LogP contribution in [0.2, 0.25) is 0 Å². The molecule has 0 aromatic heterocycles. The number of nitrogens with two attached hydrogens (primary N) is 1. The monoisotopic (exact) mass is 264 g/mol. The zero-order valence-corrected chi connectivity index (χ0v) is 12.0. The van der Waals surface area contributed by atoms with Gasteiger partial charge in [-0.05, 0) is 44.4 Å². The fraction of sp³-hybridized carbons (Fsp3) is 0.600. The van der Waals surface area contributed by atoms with Gasteiger partial charge in [0.05, 0.1) is 14.2 Å². The molecule has 0 radical (unpaired) electrons. The number of rotatable bonds is 5. The fourth-order valence-corrected chi connectivity index (χ4v) is 2.79. The van der Waals surface area contributed by atoms with Crippen LogP contribution in [0.3, 0.4) is 0 Å². The van der Waals surface area contributed by atoms with Gasteiger partial charge < -0.3 is 20.5 Å². The summed E-state index contributed by atoms with van der Waals surface area (Å²) in [5.74, 6) is 1.75. The first-order chi connectivity index (χ1) is 9.13. The normalized spacial score (nSPS) is 24.2. The largest absolute Gasteiger partial charge is 0.497 e. The second-order valence-electron chi connectivity index (χ2n) is 5.27. The topological polar surface area (TPSA) is 56.5 Å². The predicted molar refractivity (Wildman–Crippen MR) is 76.7 cm³/mol. The molecule has 19 heavy (non-hydrogen) atoms. The number of benzene rings is 1. The summed E-state index contributed by atoms with van der Waals surface area (Å²) in [4.78, 5) is 0. The Kier molecular flexibility index (Phi) is 4.66. The summed E-state index contributed by atoms with van der Waals surface area (Å²) in [6.45, 7) is 2.15. The third-order valence-electron chi connectivity index (χ3n) is 3.86. The van der Waals surface area contributed by atoms with Gasteiger partial charge in [0.25, 0.3) is 0 Å². The lowest BCUT2D eigenvalue weighted by Crippen LogP contribution is -2.31. The van der Waals surface area contributed by atoms with Crippen molar-refractivity contribution >= 4 is 0 Å². The highest BCUT2D eigenvalue weighted by Gasteiger charge is 2.24. The molecule has 3 atom stereocenters. The average Bonchev–Trinajstić information content (AvgIpc) is 2.83. The predicted octanol–water partition coefficient (Wildman–Crippen LogP) is 2.23. The second kappa shape index (κ2) is 6.26. The van der Waals surface area contributed by atoms with Crippen molar-refractivity contribution in [1.29, 1.82) is 0 Å². The molecule has 1 aliphatic rings. The number of hydrogen-bond donors (Lipinski definition) is 2. The van der Waals surface area contributed by atoms with Crippen LogP contribution in [0.25, 0.3) is 0 Å². The van der Waals surface area contributed by atoms with Crippen LogP contribution in [-0.2, 0) is 0 Å². The summed E-state index contributed by atoms with van der Waals surface area (Å²) in [5, 5.41) is 3.64. The summed E-state index contributed by atoms with van der Waals surface area (Å²) in [6.07, 6.45) is 3.31. The minimum atomic E-state index is 0.223. The van der Waals surface area contributed by atoms with Crippen molar-refractivity contribution in [2.45, 2.75) is 44.3 Å². The maximum Gasteiger partial charge on any atom is 0.123 e. The summed E-state index contributed by atoms with van der Waals surface area (Å²) < 4.78 is 10.7. The SMILES string of the molecule is COc1ccc(OC)c(C(C)NC2CCC(N)C2)c1. The lowest BCUT2D eigenvalue weighted by molar-refractivity contribution is 0.384. The van der Waals surface area contributed by atoms with E-state index in [1.165, 1.54) is 0 Å². The van der Waals surface area contributed by atoms with Crippen molar-refractivity contribution in [2.75, 3.05) is 14.2 Å². The van der Waals surface area contributed by atoms with Crippen LogP contribution in [0.5, 0.6) is 11.5 Å². The van der Waals surface area contributed by atoms with Crippen molar-refractivity contribution in [3.8, 4) is 11.5 Å². The van der Waals surface area contributed by atoms with Crippen LogP contribution in [0.1, 0.15) is 37.8 Å². The third kappa shape index (κ3) is 3.39. The molecular formula is C15H24N2O2. The van der Waals surface area contributed by atoms with Crippen LogP contribution >= 0.6 is 0 Å². The minimum absolute atomic E-state index is 0.223. The van der Waals surface area contributed by atoms with Gasteiger partial charge in [-0.1, -0.05) is 0 Å². The average molecular weight is 264 g/mol. The number of nitrogens with one attached hydrogen (secondary N) is 1. The Morgan fingerprint density at radius 2 is 2.05 bits per heavy atom. The molecule has 0 saturated heterocycles. The molecular weight excluding hydrogens is 240 g/mol. The van der Waals surface area contributed by atoms with Crippen molar-refractivity contribution in [1.82, 2.24) is 5.32 Å². The minimum Gasteiger partial charge on any atom is -0.497 e. The summed E-state index contributed by atoms with van der Waals surface area (Å²) >= 11 is 0. The van der Waals surface area contributed by atoms with Gasteiger partial charge in [0.1, 0.15) is 11.5 Å². The van der Waals surface area contributed by atoms with Crippen molar-refractivity contribution < 1.29 is 9.47 Å². The number of hydrogen-bond acceptors (Lipinski definition) is 4. The standard InChI is InChI=1S/C15H24N2O2/c1-10(17-12-5-4-11(16)8-12)14-9-13(18-2)6-7-15(14)19-3/h6-7,9-12,17H,4-5,8,16H2,1-3H3. The van der Waals surface area contributed by atoms with Crippen molar-refractivity contribution in [3.05, 3.63) is 23.8 Å². The van der Waals surface area contributed by atoms with Crippen LogP contribution in [-0.4, -0.2) is 26.3 Å². The van der Waals surface area contributed by atoms with Gasteiger partial charge in [-0.3, -0.25) is 0 Å². The molecule has 106 valence electrons. The van der Waals surface area contributed by atoms with E-state index in [4.69, 9.17) is 15.2 Å². The summed E-state index contributed by atoms with van der Waals surface area (Å²) in [5.41, 5.74) is 7.08. The molecule has 3 N–H and O–H groups in total. The van der Waals surface area contributed by atoms with Crippen LogP contribution in [0, 0.1) is 0 Å². The summed E-state index contributed by atoms with van der Waals surface area (Å²) in [7, 11) is 3.38. The van der Waals surface area contributed by atoms with Gasteiger partial charge in [-0.25, -0.2) is 0 Å². The molecule has 1 aromatic rings. The zero-order chi connectivity index (χ0) is 13.8. The van der Waals surface area contributed by atoms with Gasteiger partial charge in [0.15, 0.2) is 0 Å².